The molecule has 2 aromatic carbocycles. The first kappa shape index (κ1) is 11.8. The Hall–Kier alpha value is -2.24. The normalized spacial score (nSPS) is 10.6. The van der Waals surface area contributed by atoms with Gasteiger partial charge in [0.2, 0.25) is 5.13 Å². The molecule has 0 aliphatic heterocycles. The van der Waals surface area contributed by atoms with Crippen molar-refractivity contribution in [2.24, 2.45) is 5.84 Å². The number of aromatic nitrogens is 1. The number of thiazole rings is 1. The summed E-state index contributed by atoms with van der Waals surface area (Å²) in [7, 11) is 0. The van der Waals surface area contributed by atoms with Crippen LogP contribution in [-0.2, 0) is 0 Å². The maximum atomic E-state index is 12.2. The van der Waals surface area contributed by atoms with E-state index in [1.165, 1.54) is 11.3 Å². The number of fused-ring (bicyclic) bond motifs is 1. The molecule has 0 unspecified atom stereocenters. The van der Waals surface area contributed by atoms with Gasteiger partial charge >= 0.3 is 0 Å². The standard InChI is InChI=1S/C14H11N3OS/c15-17(13(18)10-6-2-1-3-7-10)14-16-11-8-4-5-9-12(11)19-14/h1-9H,15H2. The van der Waals surface area contributed by atoms with E-state index in [0.29, 0.717) is 10.7 Å². The minimum atomic E-state index is -0.264. The molecule has 1 amide bonds. The van der Waals surface area contributed by atoms with Crippen LogP contribution in [0.4, 0.5) is 5.13 Å². The molecule has 0 aliphatic rings. The molecule has 3 aromatic rings. The number of hydrazine groups is 1. The second kappa shape index (κ2) is 4.79. The van der Waals surface area contributed by atoms with E-state index < -0.39 is 0 Å². The van der Waals surface area contributed by atoms with Gasteiger partial charge in [-0.3, -0.25) is 4.79 Å². The molecule has 5 heteroatoms. The fraction of sp³-hybridized carbons (Fsp3) is 0. The Morgan fingerprint density at radius 3 is 2.47 bits per heavy atom. The quantitative estimate of drug-likeness (QED) is 0.442. The lowest BCUT2D eigenvalue weighted by atomic mass is 10.2. The maximum absolute atomic E-state index is 12.2. The molecule has 0 saturated carbocycles. The van der Waals surface area contributed by atoms with Crippen molar-refractivity contribution in [3.63, 3.8) is 0 Å². The van der Waals surface area contributed by atoms with Crippen LogP contribution < -0.4 is 10.9 Å². The van der Waals surface area contributed by atoms with Gasteiger partial charge in [-0.05, 0) is 24.3 Å². The number of amides is 1. The molecule has 2 N–H and O–H groups in total. The summed E-state index contributed by atoms with van der Waals surface area (Å²) in [6, 6.07) is 16.6. The molecule has 0 spiro atoms. The van der Waals surface area contributed by atoms with Crippen LogP contribution in [-0.4, -0.2) is 10.9 Å². The minimum Gasteiger partial charge on any atom is -0.267 e. The first-order chi connectivity index (χ1) is 9.25. The lowest BCUT2D eigenvalue weighted by molar-refractivity contribution is 0.0987. The summed E-state index contributed by atoms with van der Waals surface area (Å²) < 4.78 is 1.01. The van der Waals surface area contributed by atoms with E-state index in [2.05, 4.69) is 4.98 Å². The Balaban J connectivity index is 1.95. The molecule has 0 bridgehead atoms. The monoisotopic (exact) mass is 269 g/mol. The largest absolute Gasteiger partial charge is 0.274 e. The summed E-state index contributed by atoms with van der Waals surface area (Å²) in [5.41, 5.74) is 1.39. The third-order valence-corrected chi connectivity index (χ3v) is 3.76. The SMILES string of the molecule is NN(C(=O)c1ccccc1)c1nc2ccccc2s1. The van der Waals surface area contributed by atoms with Gasteiger partial charge < -0.3 is 0 Å². The summed E-state index contributed by atoms with van der Waals surface area (Å²) in [6.45, 7) is 0. The van der Waals surface area contributed by atoms with Gasteiger partial charge in [0.25, 0.3) is 5.91 Å². The number of rotatable bonds is 2. The highest BCUT2D eigenvalue weighted by atomic mass is 32.1. The maximum Gasteiger partial charge on any atom is 0.274 e. The Morgan fingerprint density at radius 1 is 1.05 bits per heavy atom. The Labute approximate surface area is 114 Å². The van der Waals surface area contributed by atoms with Gasteiger partial charge in [-0.2, -0.15) is 0 Å². The van der Waals surface area contributed by atoms with Crippen molar-refractivity contribution >= 4 is 32.6 Å². The number of nitrogens with two attached hydrogens (primary N) is 1. The predicted octanol–water partition coefficient (Wildman–Crippen LogP) is 2.82. The smallest absolute Gasteiger partial charge is 0.267 e. The van der Waals surface area contributed by atoms with Gasteiger partial charge in [0.1, 0.15) is 0 Å². The number of nitrogens with zero attached hydrogens (tertiary/aromatic N) is 2. The van der Waals surface area contributed by atoms with Crippen LogP contribution in [0.3, 0.4) is 0 Å². The van der Waals surface area contributed by atoms with E-state index in [4.69, 9.17) is 5.84 Å². The van der Waals surface area contributed by atoms with E-state index in [1.807, 2.05) is 30.3 Å². The Morgan fingerprint density at radius 2 is 1.74 bits per heavy atom. The van der Waals surface area contributed by atoms with Crippen molar-refractivity contribution in [3.8, 4) is 0 Å². The van der Waals surface area contributed by atoms with Crippen LogP contribution in [0, 0.1) is 0 Å². The van der Waals surface area contributed by atoms with Gasteiger partial charge in [0, 0.05) is 5.56 Å². The molecule has 0 saturated heterocycles. The zero-order valence-electron chi connectivity index (χ0n) is 9.98. The highest BCUT2D eigenvalue weighted by Crippen LogP contribution is 2.27. The van der Waals surface area contributed by atoms with Gasteiger partial charge in [0.15, 0.2) is 0 Å². The van der Waals surface area contributed by atoms with E-state index in [1.54, 1.807) is 24.3 Å². The molecule has 1 aromatic heterocycles. The Kier molecular flexibility index (Phi) is 2.98. The summed E-state index contributed by atoms with van der Waals surface area (Å²) in [4.78, 5) is 16.5. The van der Waals surface area contributed by atoms with Crippen molar-refractivity contribution in [3.05, 3.63) is 60.2 Å². The minimum absolute atomic E-state index is 0.264. The molecular formula is C14H11N3OS. The average Bonchev–Trinajstić information content (AvgIpc) is 2.90. The van der Waals surface area contributed by atoms with Crippen LogP contribution in [0.5, 0.6) is 0 Å². The van der Waals surface area contributed by atoms with Crippen molar-refractivity contribution < 1.29 is 4.79 Å². The van der Waals surface area contributed by atoms with Crippen molar-refractivity contribution in [2.45, 2.75) is 0 Å². The van der Waals surface area contributed by atoms with Crippen LogP contribution in [0.1, 0.15) is 10.4 Å². The molecule has 94 valence electrons. The predicted molar refractivity (Wildman–Crippen MR) is 77.1 cm³/mol. The van der Waals surface area contributed by atoms with Crippen molar-refractivity contribution in [1.82, 2.24) is 4.98 Å². The summed E-state index contributed by atoms with van der Waals surface area (Å²) in [5, 5.41) is 1.59. The van der Waals surface area contributed by atoms with Crippen LogP contribution in [0.15, 0.2) is 54.6 Å². The molecule has 0 atom stereocenters. The number of carbonyl (C=O) groups is 1. The summed E-state index contributed by atoms with van der Waals surface area (Å²) >= 11 is 1.40. The summed E-state index contributed by atoms with van der Waals surface area (Å²) in [5.74, 6) is 5.60. The van der Waals surface area contributed by atoms with Gasteiger partial charge in [-0.15, -0.1) is 0 Å². The first-order valence-electron chi connectivity index (χ1n) is 5.75. The molecule has 0 fully saturated rings. The van der Waals surface area contributed by atoms with Gasteiger partial charge in [0.05, 0.1) is 10.2 Å². The third kappa shape index (κ3) is 2.21. The van der Waals surface area contributed by atoms with Gasteiger partial charge in [-0.1, -0.05) is 41.7 Å². The fourth-order valence-electron chi connectivity index (χ4n) is 1.77. The number of carbonyl (C=O) groups excluding carboxylic acids is 1. The number of para-hydroxylation sites is 1. The van der Waals surface area contributed by atoms with Crippen LogP contribution in [0.25, 0.3) is 10.2 Å². The van der Waals surface area contributed by atoms with Crippen molar-refractivity contribution in [1.29, 1.82) is 0 Å². The molecule has 0 radical (unpaired) electrons. The van der Waals surface area contributed by atoms with E-state index in [0.717, 1.165) is 15.2 Å². The molecule has 1 heterocycles. The lowest BCUT2D eigenvalue weighted by Gasteiger charge is -2.12. The second-order valence-corrected chi connectivity index (χ2v) is 5.01. The topological polar surface area (TPSA) is 59.2 Å². The number of hydrogen-bond acceptors (Lipinski definition) is 4. The fourth-order valence-corrected chi connectivity index (χ4v) is 2.66. The molecule has 19 heavy (non-hydrogen) atoms. The highest BCUT2D eigenvalue weighted by molar-refractivity contribution is 7.22. The second-order valence-electron chi connectivity index (χ2n) is 4.01. The molecule has 0 aliphatic carbocycles. The van der Waals surface area contributed by atoms with E-state index in [-0.39, 0.29) is 5.91 Å². The zero-order chi connectivity index (χ0) is 13.2. The van der Waals surface area contributed by atoms with E-state index in [9.17, 15) is 4.79 Å². The van der Waals surface area contributed by atoms with Crippen LogP contribution >= 0.6 is 11.3 Å². The molecule has 3 rings (SSSR count). The van der Waals surface area contributed by atoms with Gasteiger partial charge in [-0.25, -0.2) is 15.8 Å². The van der Waals surface area contributed by atoms with Crippen LogP contribution in [0.2, 0.25) is 0 Å². The zero-order valence-corrected chi connectivity index (χ0v) is 10.8. The third-order valence-electron chi connectivity index (χ3n) is 2.73. The number of hydrogen-bond donors (Lipinski definition) is 1. The summed E-state index contributed by atoms with van der Waals surface area (Å²) in [6.07, 6.45) is 0. The van der Waals surface area contributed by atoms with Crippen molar-refractivity contribution in [2.75, 3.05) is 5.01 Å². The molecule has 4 nitrogen and oxygen atoms in total. The Bertz CT molecular complexity index is 691. The first-order valence-corrected chi connectivity index (χ1v) is 6.57. The molecular weight excluding hydrogens is 258 g/mol. The highest BCUT2D eigenvalue weighted by Gasteiger charge is 2.17. The van der Waals surface area contributed by atoms with E-state index >= 15 is 0 Å². The average molecular weight is 269 g/mol. The number of anilines is 1. The number of benzene rings is 2. The lowest BCUT2D eigenvalue weighted by Crippen LogP contribution is -2.37.